The van der Waals surface area contributed by atoms with E-state index in [0.29, 0.717) is 37.4 Å². The van der Waals surface area contributed by atoms with E-state index < -0.39 is 15.9 Å². The van der Waals surface area contributed by atoms with Crippen LogP contribution in [-0.2, 0) is 21.4 Å². The SMILES string of the molecule is COc1cccc(CNC(=O)[C@@H]2CCCN(S(=O)(=O)c3ccc(-c4ccn[nH]4)o3)C2)c1. The van der Waals surface area contributed by atoms with E-state index in [2.05, 4.69) is 15.5 Å². The topological polar surface area (TPSA) is 118 Å². The Morgan fingerprint density at radius 3 is 2.97 bits per heavy atom. The number of amides is 1. The fourth-order valence-corrected chi connectivity index (χ4v) is 5.05. The lowest BCUT2D eigenvalue weighted by molar-refractivity contribution is -0.126. The Bertz CT molecular complexity index is 1140. The van der Waals surface area contributed by atoms with Gasteiger partial charge < -0.3 is 14.5 Å². The van der Waals surface area contributed by atoms with Gasteiger partial charge in [-0.2, -0.15) is 9.40 Å². The fourth-order valence-electron chi connectivity index (χ4n) is 3.61. The van der Waals surface area contributed by atoms with Crippen molar-refractivity contribution in [3.8, 4) is 17.2 Å². The molecule has 164 valence electrons. The number of H-pyrrole nitrogens is 1. The maximum atomic E-state index is 13.0. The van der Waals surface area contributed by atoms with Gasteiger partial charge in [0.1, 0.15) is 11.4 Å². The van der Waals surface area contributed by atoms with Crippen LogP contribution in [0.4, 0.5) is 0 Å². The molecule has 1 fully saturated rings. The number of carbonyl (C=O) groups excluding carboxylic acids is 1. The number of ether oxygens (including phenoxy) is 1. The van der Waals surface area contributed by atoms with Gasteiger partial charge >= 0.3 is 0 Å². The highest BCUT2D eigenvalue weighted by Gasteiger charge is 2.35. The molecule has 1 aliphatic rings. The fraction of sp³-hybridized carbons (Fsp3) is 0.333. The third kappa shape index (κ3) is 4.64. The number of sulfonamides is 1. The van der Waals surface area contributed by atoms with Crippen LogP contribution in [0.25, 0.3) is 11.5 Å². The minimum Gasteiger partial charge on any atom is -0.497 e. The van der Waals surface area contributed by atoms with Gasteiger partial charge in [-0.3, -0.25) is 9.89 Å². The van der Waals surface area contributed by atoms with Crippen LogP contribution in [-0.4, -0.2) is 49.0 Å². The molecule has 0 unspecified atom stereocenters. The summed E-state index contributed by atoms with van der Waals surface area (Å²) in [5, 5.41) is 9.34. The van der Waals surface area contributed by atoms with Gasteiger partial charge in [0.25, 0.3) is 10.0 Å². The van der Waals surface area contributed by atoms with Gasteiger partial charge in [-0.25, -0.2) is 8.42 Å². The first-order valence-corrected chi connectivity index (χ1v) is 11.4. The molecule has 0 saturated carbocycles. The quantitative estimate of drug-likeness (QED) is 0.578. The van der Waals surface area contributed by atoms with Crippen molar-refractivity contribution in [3.63, 3.8) is 0 Å². The first-order chi connectivity index (χ1) is 15.0. The number of rotatable bonds is 7. The molecule has 2 aromatic heterocycles. The molecule has 0 aliphatic carbocycles. The lowest BCUT2D eigenvalue weighted by atomic mass is 9.99. The van der Waals surface area contributed by atoms with Gasteiger partial charge in [0.05, 0.1) is 13.0 Å². The van der Waals surface area contributed by atoms with Crippen molar-refractivity contribution in [2.75, 3.05) is 20.2 Å². The van der Waals surface area contributed by atoms with Crippen LogP contribution in [0.2, 0.25) is 0 Å². The highest BCUT2D eigenvalue weighted by Crippen LogP contribution is 2.28. The molecule has 1 amide bonds. The van der Waals surface area contributed by atoms with Crippen molar-refractivity contribution in [1.82, 2.24) is 19.8 Å². The van der Waals surface area contributed by atoms with Crippen LogP contribution in [0.5, 0.6) is 5.75 Å². The summed E-state index contributed by atoms with van der Waals surface area (Å²) >= 11 is 0. The number of hydrogen-bond acceptors (Lipinski definition) is 6. The van der Waals surface area contributed by atoms with Crippen LogP contribution in [0.1, 0.15) is 18.4 Å². The van der Waals surface area contributed by atoms with Crippen molar-refractivity contribution >= 4 is 15.9 Å². The van der Waals surface area contributed by atoms with Crippen LogP contribution in [0, 0.1) is 5.92 Å². The van der Waals surface area contributed by atoms with E-state index in [-0.39, 0.29) is 17.5 Å². The molecule has 1 aromatic carbocycles. The van der Waals surface area contributed by atoms with Gasteiger partial charge in [0, 0.05) is 25.8 Å². The monoisotopic (exact) mass is 444 g/mol. The summed E-state index contributed by atoms with van der Waals surface area (Å²) in [4.78, 5) is 12.7. The second-order valence-electron chi connectivity index (χ2n) is 7.36. The summed E-state index contributed by atoms with van der Waals surface area (Å²) in [5.74, 6) is 0.520. The largest absolute Gasteiger partial charge is 0.497 e. The van der Waals surface area contributed by atoms with Crippen LogP contribution >= 0.6 is 0 Å². The highest BCUT2D eigenvalue weighted by molar-refractivity contribution is 7.89. The summed E-state index contributed by atoms with van der Waals surface area (Å²) < 4.78 is 38.2. The maximum absolute atomic E-state index is 13.0. The average Bonchev–Trinajstić information content (AvgIpc) is 3.50. The van der Waals surface area contributed by atoms with E-state index in [1.165, 1.54) is 10.4 Å². The molecule has 1 saturated heterocycles. The molecule has 10 heteroatoms. The Hall–Kier alpha value is -3.11. The Labute approximate surface area is 180 Å². The molecule has 4 rings (SSSR count). The third-order valence-electron chi connectivity index (χ3n) is 5.30. The van der Waals surface area contributed by atoms with Gasteiger partial charge in [-0.15, -0.1) is 0 Å². The first-order valence-electron chi connectivity index (χ1n) is 9.98. The van der Waals surface area contributed by atoms with Crippen LogP contribution in [0.15, 0.2) is 58.2 Å². The lowest BCUT2D eigenvalue weighted by Gasteiger charge is -2.30. The minimum absolute atomic E-state index is 0.117. The Morgan fingerprint density at radius 1 is 1.32 bits per heavy atom. The van der Waals surface area contributed by atoms with Crippen molar-refractivity contribution in [3.05, 3.63) is 54.2 Å². The van der Waals surface area contributed by atoms with E-state index in [9.17, 15) is 13.2 Å². The number of nitrogens with zero attached hydrogens (tertiary/aromatic N) is 2. The molecule has 3 heterocycles. The third-order valence-corrected chi connectivity index (χ3v) is 7.04. The van der Waals surface area contributed by atoms with Crippen molar-refractivity contribution < 1.29 is 22.4 Å². The van der Waals surface area contributed by atoms with E-state index in [1.54, 1.807) is 25.4 Å². The Balaban J connectivity index is 1.41. The van der Waals surface area contributed by atoms with Crippen molar-refractivity contribution in [1.29, 1.82) is 0 Å². The normalized spacial score (nSPS) is 17.4. The van der Waals surface area contributed by atoms with Crippen molar-refractivity contribution in [2.24, 2.45) is 5.92 Å². The molecule has 0 radical (unpaired) electrons. The summed E-state index contributed by atoms with van der Waals surface area (Å²) in [6.07, 6.45) is 2.80. The molecule has 3 aromatic rings. The number of benzene rings is 1. The molecule has 0 spiro atoms. The summed E-state index contributed by atoms with van der Waals surface area (Å²) in [5.41, 5.74) is 1.50. The van der Waals surface area contributed by atoms with Crippen LogP contribution in [0.3, 0.4) is 0 Å². The van der Waals surface area contributed by atoms with Gasteiger partial charge in [-0.1, -0.05) is 12.1 Å². The summed E-state index contributed by atoms with van der Waals surface area (Å²) in [6, 6.07) is 12.2. The number of piperidine rings is 1. The molecule has 1 atom stereocenters. The number of methoxy groups -OCH3 is 1. The second-order valence-corrected chi connectivity index (χ2v) is 9.23. The highest BCUT2D eigenvalue weighted by atomic mass is 32.2. The maximum Gasteiger partial charge on any atom is 0.276 e. The molecule has 2 N–H and O–H groups in total. The molecule has 9 nitrogen and oxygen atoms in total. The summed E-state index contributed by atoms with van der Waals surface area (Å²) in [6.45, 7) is 0.819. The van der Waals surface area contributed by atoms with Gasteiger partial charge in [-0.05, 0) is 48.7 Å². The molecule has 0 bridgehead atoms. The van der Waals surface area contributed by atoms with E-state index in [4.69, 9.17) is 9.15 Å². The number of aromatic amines is 1. The molecular weight excluding hydrogens is 420 g/mol. The number of carbonyl (C=O) groups is 1. The van der Waals surface area contributed by atoms with E-state index in [0.717, 1.165) is 11.3 Å². The lowest BCUT2D eigenvalue weighted by Crippen LogP contribution is -2.45. The zero-order valence-corrected chi connectivity index (χ0v) is 17.9. The zero-order chi connectivity index (χ0) is 21.8. The zero-order valence-electron chi connectivity index (χ0n) is 17.1. The molecular formula is C21H24N4O5S. The molecule has 1 aliphatic heterocycles. The van der Waals surface area contributed by atoms with Gasteiger partial charge in [0.15, 0.2) is 5.76 Å². The molecule has 31 heavy (non-hydrogen) atoms. The first kappa shape index (κ1) is 21.1. The Kier molecular flexibility index (Phi) is 6.10. The number of furan rings is 1. The van der Waals surface area contributed by atoms with E-state index in [1.807, 2.05) is 24.3 Å². The smallest absolute Gasteiger partial charge is 0.276 e. The Morgan fingerprint density at radius 2 is 2.19 bits per heavy atom. The average molecular weight is 445 g/mol. The minimum atomic E-state index is -3.84. The second kappa shape index (κ2) is 8.94. The predicted octanol–water partition coefficient (Wildman–Crippen LogP) is 2.40. The standard InChI is InChI=1S/C21H24N4O5S/c1-29-17-6-2-4-15(12-17)13-22-21(26)16-5-3-11-25(14-16)31(27,28)20-8-7-19(30-20)18-9-10-23-24-18/h2,4,6-10,12,16H,3,5,11,13-14H2,1H3,(H,22,26)(H,23,24)/t16-/m1/s1. The van der Waals surface area contributed by atoms with Gasteiger partial charge in [0.2, 0.25) is 11.0 Å². The number of nitrogens with one attached hydrogen (secondary N) is 2. The van der Waals surface area contributed by atoms with Crippen molar-refractivity contribution in [2.45, 2.75) is 24.5 Å². The number of aromatic nitrogens is 2. The number of hydrogen-bond donors (Lipinski definition) is 2. The summed E-state index contributed by atoms with van der Waals surface area (Å²) in [7, 11) is -2.25. The van der Waals surface area contributed by atoms with E-state index >= 15 is 0 Å². The predicted molar refractivity (Wildman–Crippen MR) is 113 cm³/mol. The van der Waals surface area contributed by atoms with Crippen LogP contribution < -0.4 is 10.1 Å².